The maximum absolute atomic E-state index is 13.2. The number of primary amides is 1. The van der Waals surface area contributed by atoms with Gasteiger partial charge >= 0.3 is 6.03 Å². The summed E-state index contributed by atoms with van der Waals surface area (Å²) in [6.07, 6.45) is 4.94. The fraction of sp³-hybridized carbons (Fsp3) is 0.520. The third-order valence-corrected chi connectivity index (χ3v) is 8.62. The van der Waals surface area contributed by atoms with Gasteiger partial charge in [-0.1, -0.05) is 36.4 Å². The fourth-order valence-corrected chi connectivity index (χ4v) is 7.50. The van der Waals surface area contributed by atoms with Gasteiger partial charge in [0.1, 0.15) is 0 Å². The van der Waals surface area contributed by atoms with Gasteiger partial charge in [0, 0.05) is 18.0 Å². The van der Waals surface area contributed by atoms with Crippen molar-refractivity contribution in [3.63, 3.8) is 0 Å². The molecule has 3 unspecified atom stereocenters. The van der Waals surface area contributed by atoms with E-state index in [0.29, 0.717) is 24.3 Å². The number of carbonyl (C=O) groups is 2. The average Bonchev–Trinajstić information content (AvgIpc) is 3.02. The summed E-state index contributed by atoms with van der Waals surface area (Å²) in [6, 6.07) is 15.1. The van der Waals surface area contributed by atoms with E-state index < -0.39 is 5.54 Å². The van der Waals surface area contributed by atoms with Crippen molar-refractivity contribution in [1.82, 2.24) is 10.2 Å². The van der Waals surface area contributed by atoms with Crippen LogP contribution in [0, 0.1) is 23.2 Å². The van der Waals surface area contributed by atoms with E-state index in [9.17, 15) is 9.59 Å². The molecule has 5 nitrogen and oxygen atoms in total. The lowest BCUT2D eigenvalue weighted by Gasteiger charge is -2.60. The predicted octanol–water partition coefficient (Wildman–Crippen LogP) is 3.76. The molecule has 0 spiro atoms. The first-order valence-electron chi connectivity index (χ1n) is 11.2. The highest BCUT2D eigenvalue weighted by molar-refractivity contribution is 5.85. The molecule has 5 fully saturated rings. The molecule has 1 saturated heterocycles. The lowest BCUT2D eigenvalue weighted by molar-refractivity contribution is -0.150. The SMILES string of the molecule is CC1(c2ccc3ccccc3c2)CN(C2C3CC4CC2CC(C(N)=O)(C4)C3)C(=O)N1. The molecule has 3 atom stereocenters. The van der Waals surface area contributed by atoms with E-state index in [4.69, 9.17) is 5.73 Å². The van der Waals surface area contributed by atoms with Crippen molar-refractivity contribution in [3.8, 4) is 0 Å². The molecule has 1 heterocycles. The van der Waals surface area contributed by atoms with Crippen molar-refractivity contribution in [2.24, 2.45) is 28.9 Å². The Morgan fingerprint density at radius 2 is 1.77 bits per heavy atom. The number of urea groups is 1. The molecule has 4 saturated carbocycles. The highest BCUT2D eigenvalue weighted by Gasteiger charge is 2.60. The van der Waals surface area contributed by atoms with E-state index in [2.05, 4.69) is 53.5 Å². The van der Waals surface area contributed by atoms with Gasteiger partial charge in [-0.3, -0.25) is 4.79 Å². The summed E-state index contributed by atoms with van der Waals surface area (Å²) in [4.78, 5) is 27.6. The quantitative estimate of drug-likeness (QED) is 0.819. The summed E-state index contributed by atoms with van der Waals surface area (Å²) in [5, 5.41) is 5.71. The third-order valence-electron chi connectivity index (χ3n) is 8.62. The Hall–Kier alpha value is -2.56. The molecule has 156 valence electrons. The Morgan fingerprint density at radius 1 is 1.07 bits per heavy atom. The summed E-state index contributed by atoms with van der Waals surface area (Å²) in [5.41, 5.74) is 6.28. The maximum atomic E-state index is 13.2. The molecule has 1 aliphatic heterocycles. The van der Waals surface area contributed by atoms with Gasteiger partial charge in [0.2, 0.25) is 5.91 Å². The molecule has 7 rings (SSSR count). The number of hydrogen-bond donors (Lipinski definition) is 2. The molecule has 30 heavy (non-hydrogen) atoms. The topological polar surface area (TPSA) is 75.4 Å². The molecule has 5 aliphatic rings. The fourth-order valence-electron chi connectivity index (χ4n) is 7.50. The Bertz CT molecular complexity index is 1050. The molecular formula is C25H29N3O2. The van der Waals surface area contributed by atoms with Crippen LogP contribution in [0.2, 0.25) is 0 Å². The number of hydrogen-bond acceptors (Lipinski definition) is 2. The number of nitrogens with zero attached hydrogens (tertiary/aromatic N) is 1. The molecule has 0 radical (unpaired) electrons. The molecule has 3 amide bonds. The number of rotatable bonds is 3. The maximum Gasteiger partial charge on any atom is 0.318 e. The first kappa shape index (κ1) is 18.2. The highest BCUT2D eigenvalue weighted by atomic mass is 16.2. The molecular weight excluding hydrogens is 374 g/mol. The van der Waals surface area contributed by atoms with Crippen LogP contribution in [-0.4, -0.2) is 29.4 Å². The minimum Gasteiger partial charge on any atom is -0.369 e. The lowest BCUT2D eigenvalue weighted by atomic mass is 9.47. The van der Waals surface area contributed by atoms with Crippen molar-refractivity contribution in [2.75, 3.05) is 6.54 Å². The smallest absolute Gasteiger partial charge is 0.318 e. The van der Waals surface area contributed by atoms with Crippen molar-refractivity contribution in [2.45, 2.75) is 50.6 Å². The Kier molecular flexibility index (Phi) is 3.64. The van der Waals surface area contributed by atoms with Crippen molar-refractivity contribution in [3.05, 3.63) is 48.0 Å². The van der Waals surface area contributed by atoms with Crippen LogP contribution in [-0.2, 0) is 10.3 Å². The summed E-state index contributed by atoms with van der Waals surface area (Å²) >= 11 is 0. The predicted molar refractivity (Wildman–Crippen MR) is 116 cm³/mol. The van der Waals surface area contributed by atoms with E-state index in [0.717, 1.165) is 37.7 Å². The minimum absolute atomic E-state index is 0.0382. The van der Waals surface area contributed by atoms with Crippen molar-refractivity contribution < 1.29 is 9.59 Å². The number of fused-ring (bicyclic) bond motifs is 1. The number of benzene rings is 2. The first-order chi connectivity index (χ1) is 14.4. The molecule has 4 aliphatic carbocycles. The second kappa shape index (κ2) is 5.99. The van der Waals surface area contributed by atoms with Crippen LogP contribution in [0.1, 0.15) is 44.6 Å². The van der Waals surface area contributed by atoms with Gasteiger partial charge in [-0.2, -0.15) is 0 Å². The standard InChI is InChI=1S/C25H29N3O2/c1-24(20-7-6-16-4-2-3-5-17(16)10-20)14-28(23(30)27-24)21-18-8-15-9-19(21)13-25(11-15,12-18)22(26)29/h2-7,10,15,18-19,21H,8-9,11-14H2,1H3,(H2,26,29)(H,27,30). The number of nitrogens with two attached hydrogens (primary N) is 1. The monoisotopic (exact) mass is 403 g/mol. The van der Waals surface area contributed by atoms with Gasteiger partial charge in [0.15, 0.2) is 0 Å². The Morgan fingerprint density at radius 3 is 2.47 bits per heavy atom. The number of carbonyl (C=O) groups excluding carboxylic acids is 2. The molecule has 0 aromatic heterocycles. The van der Waals surface area contributed by atoms with Crippen LogP contribution >= 0.6 is 0 Å². The van der Waals surface area contributed by atoms with Gasteiger partial charge in [-0.25, -0.2) is 4.79 Å². The second-order valence-electron chi connectivity index (χ2n) is 10.6. The van der Waals surface area contributed by atoms with Crippen LogP contribution in [0.15, 0.2) is 42.5 Å². The molecule has 2 aromatic rings. The summed E-state index contributed by atoms with van der Waals surface area (Å²) in [6.45, 7) is 2.81. The van der Waals surface area contributed by atoms with E-state index in [-0.39, 0.29) is 23.4 Å². The van der Waals surface area contributed by atoms with Crippen LogP contribution in [0.25, 0.3) is 10.8 Å². The van der Waals surface area contributed by atoms with Gasteiger partial charge in [0.25, 0.3) is 0 Å². The molecule has 5 heteroatoms. The zero-order chi connectivity index (χ0) is 20.7. The lowest BCUT2D eigenvalue weighted by Crippen LogP contribution is -2.62. The van der Waals surface area contributed by atoms with Crippen molar-refractivity contribution >= 4 is 22.7 Å². The molecule has 3 N–H and O–H groups in total. The molecule has 2 aromatic carbocycles. The zero-order valence-electron chi connectivity index (χ0n) is 17.4. The van der Waals surface area contributed by atoms with E-state index in [1.54, 1.807) is 0 Å². The Balaban J connectivity index is 1.30. The highest BCUT2D eigenvalue weighted by Crippen LogP contribution is 2.61. The normalized spacial score (nSPS) is 39.5. The van der Waals surface area contributed by atoms with Crippen LogP contribution in [0.4, 0.5) is 4.79 Å². The van der Waals surface area contributed by atoms with Crippen molar-refractivity contribution in [1.29, 1.82) is 0 Å². The molecule has 4 bridgehead atoms. The number of amides is 3. The minimum atomic E-state index is -0.406. The van der Waals surface area contributed by atoms with Crippen LogP contribution < -0.4 is 11.1 Å². The first-order valence-corrected chi connectivity index (χ1v) is 11.2. The van der Waals surface area contributed by atoms with Gasteiger partial charge < -0.3 is 16.0 Å². The summed E-state index contributed by atoms with van der Waals surface area (Å²) in [7, 11) is 0. The second-order valence-corrected chi connectivity index (χ2v) is 10.6. The van der Waals surface area contributed by atoms with Crippen LogP contribution in [0.3, 0.4) is 0 Å². The number of nitrogens with one attached hydrogen (secondary N) is 1. The summed E-state index contributed by atoms with van der Waals surface area (Å²) < 4.78 is 0. The third kappa shape index (κ3) is 2.47. The zero-order valence-corrected chi connectivity index (χ0v) is 17.4. The van der Waals surface area contributed by atoms with Gasteiger partial charge in [0.05, 0.1) is 5.54 Å². The largest absolute Gasteiger partial charge is 0.369 e. The average molecular weight is 404 g/mol. The van der Waals surface area contributed by atoms with E-state index in [1.807, 2.05) is 6.07 Å². The van der Waals surface area contributed by atoms with Crippen LogP contribution in [0.5, 0.6) is 0 Å². The van der Waals surface area contributed by atoms with Gasteiger partial charge in [-0.15, -0.1) is 0 Å². The van der Waals surface area contributed by atoms with E-state index in [1.165, 1.54) is 10.8 Å². The van der Waals surface area contributed by atoms with E-state index >= 15 is 0 Å². The summed E-state index contributed by atoms with van der Waals surface area (Å²) in [5.74, 6) is 1.28. The van der Waals surface area contributed by atoms with Gasteiger partial charge in [-0.05, 0) is 79.2 Å². The Labute approximate surface area is 177 Å².